The molecule has 1 aromatic carbocycles. The fourth-order valence-corrected chi connectivity index (χ4v) is 2.94. The van der Waals surface area contributed by atoms with Crippen molar-refractivity contribution >= 4 is 0 Å². The largest absolute Gasteiger partial charge is 0.303 e. The molecular formula is C18H24N4. The van der Waals surface area contributed by atoms with Crippen LogP contribution in [0.15, 0.2) is 24.3 Å². The maximum absolute atomic E-state index is 4.67. The van der Waals surface area contributed by atoms with Crippen molar-refractivity contribution in [1.82, 2.24) is 20.1 Å². The molecular weight excluding hydrogens is 272 g/mol. The minimum absolute atomic E-state index is 0.328. The summed E-state index contributed by atoms with van der Waals surface area (Å²) in [4.78, 5) is 4.67. The molecule has 1 N–H and O–H groups in total. The van der Waals surface area contributed by atoms with Gasteiger partial charge in [-0.1, -0.05) is 24.3 Å². The first-order chi connectivity index (χ1) is 10.7. The second-order valence-electron chi connectivity index (χ2n) is 6.83. The van der Waals surface area contributed by atoms with Crippen LogP contribution in [0.3, 0.4) is 0 Å². The van der Waals surface area contributed by atoms with Gasteiger partial charge < -0.3 is 5.32 Å². The van der Waals surface area contributed by atoms with Crippen LogP contribution in [0.5, 0.6) is 0 Å². The molecule has 4 nitrogen and oxygen atoms in total. The Morgan fingerprint density at radius 3 is 2.45 bits per heavy atom. The number of rotatable bonds is 6. The number of aryl methyl sites for hydroxylation is 1. The molecule has 0 saturated heterocycles. The van der Waals surface area contributed by atoms with Gasteiger partial charge in [0.1, 0.15) is 5.82 Å². The van der Waals surface area contributed by atoms with Gasteiger partial charge in [0.15, 0.2) is 5.82 Å². The van der Waals surface area contributed by atoms with Crippen LogP contribution < -0.4 is 5.32 Å². The van der Waals surface area contributed by atoms with Gasteiger partial charge in [0.05, 0.1) is 6.54 Å². The average Bonchev–Trinajstić information content (AvgIpc) is 3.43. The van der Waals surface area contributed by atoms with E-state index in [4.69, 9.17) is 0 Å². The van der Waals surface area contributed by atoms with E-state index in [9.17, 15) is 0 Å². The second kappa shape index (κ2) is 5.51. The molecule has 2 saturated carbocycles. The van der Waals surface area contributed by atoms with Gasteiger partial charge in [0.2, 0.25) is 0 Å². The van der Waals surface area contributed by atoms with Crippen LogP contribution in [0, 0.1) is 0 Å². The van der Waals surface area contributed by atoms with Crippen molar-refractivity contribution in [3.63, 3.8) is 0 Å². The Labute approximate surface area is 132 Å². The Balaban J connectivity index is 1.37. The molecule has 2 aromatic rings. The molecule has 0 aliphatic heterocycles. The lowest BCUT2D eigenvalue weighted by Gasteiger charge is -2.14. The monoisotopic (exact) mass is 296 g/mol. The molecule has 0 bridgehead atoms. The summed E-state index contributed by atoms with van der Waals surface area (Å²) in [6.07, 6.45) is 5.23. The van der Waals surface area contributed by atoms with Crippen molar-refractivity contribution < 1.29 is 0 Å². The Kier molecular flexibility index (Phi) is 3.49. The molecule has 4 rings (SSSR count). The fraction of sp³-hybridized carbons (Fsp3) is 0.556. The minimum atomic E-state index is 0.328. The van der Waals surface area contributed by atoms with E-state index in [2.05, 4.69) is 46.6 Å². The van der Waals surface area contributed by atoms with Crippen LogP contribution >= 0.6 is 0 Å². The van der Waals surface area contributed by atoms with Gasteiger partial charge in [0.25, 0.3) is 0 Å². The molecule has 1 heterocycles. The Hall–Kier alpha value is -1.68. The molecule has 116 valence electrons. The molecule has 2 aliphatic rings. The van der Waals surface area contributed by atoms with E-state index in [0.717, 1.165) is 24.1 Å². The average molecular weight is 296 g/mol. The second-order valence-corrected chi connectivity index (χ2v) is 6.83. The van der Waals surface area contributed by atoms with Crippen LogP contribution in [-0.2, 0) is 13.6 Å². The third-order valence-corrected chi connectivity index (χ3v) is 4.86. The number of nitrogens with zero attached hydrogens (tertiary/aromatic N) is 3. The van der Waals surface area contributed by atoms with Crippen LogP contribution in [0.2, 0.25) is 0 Å². The number of nitrogens with one attached hydrogen (secondary N) is 1. The fourth-order valence-electron chi connectivity index (χ4n) is 2.94. The lowest BCUT2D eigenvalue weighted by molar-refractivity contribution is 0.540. The first kappa shape index (κ1) is 13.9. The molecule has 0 spiro atoms. The molecule has 1 atom stereocenters. The topological polar surface area (TPSA) is 42.7 Å². The zero-order valence-corrected chi connectivity index (χ0v) is 13.4. The van der Waals surface area contributed by atoms with Gasteiger partial charge in [0, 0.05) is 19.0 Å². The standard InChI is InChI=1S/C18H24N4/c1-12(13-3-5-14(6-4-13)15-7-8-15)19-11-17-20-18(16-9-10-16)21-22(17)2/h3-6,12,15-16,19H,7-11H2,1-2H3. The maximum atomic E-state index is 4.67. The Morgan fingerprint density at radius 2 is 1.82 bits per heavy atom. The summed E-state index contributed by atoms with van der Waals surface area (Å²) in [5, 5.41) is 8.10. The van der Waals surface area contributed by atoms with Gasteiger partial charge in [-0.25, -0.2) is 4.98 Å². The van der Waals surface area contributed by atoms with E-state index in [0.29, 0.717) is 12.0 Å². The molecule has 0 amide bonds. The van der Waals surface area contributed by atoms with Gasteiger partial charge in [-0.15, -0.1) is 0 Å². The highest BCUT2D eigenvalue weighted by Crippen LogP contribution is 2.40. The number of aromatic nitrogens is 3. The van der Waals surface area contributed by atoms with Crippen LogP contribution in [0.4, 0.5) is 0 Å². The normalized spacial score (nSPS) is 19.4. The third kappa shape index (κ3) is 2.93. The first-order valence-electron chi connectivity index (χ1n) is 8.44. The van der Waals surface area contributed by atoms with Crippen LogP contribution in [-0.4, -0.2) is 14.8 Å². The third-order valence-electron chi connectivity index (χ3n) is 4.86. The summed E-state index contributed by atoms with van der Waals surface area (Å²) < 4.78 is 1.92. The van der Waals surface area contributed by atoms with Gasteiger partial charge in [-0.2, -0.15) is 5.10 Å². The minimum Gasteiger partial charge on any atom is -0.303 e. The van der Waals surface area contributed by atoms with Crippen molar-refractivity contribution in [2.45, 2.75) is 57.0 Å². The summed E-state index contributed by atoms with van der Waals surface area (Å²) in [7, 11) is 1.99. The van der Waals surface area contributed by atoms with Gasteiger partial charge in [-0.05, 0) is 49.7 Å². The van der Waals surface area contributed by atoms with Crippen LogP contribution in [0.25, 0.3) is 0 Å². The lowest BCUT2D eigenvalue weighted by Crippen LogP contribution is -2.20. The van der Waals surface area contributed by atoms with Gasteiger partial charge >= 0.3 is 0 Å². The lowest BCUT2D eigenvalue weighted by atomic mass is 10.0. The number of hydrogen-bond donors (Lipinski definition) is 1. The predicted octanol–water partition coefficient (Wildman–Crippen LogP) is 3.42. The Morgan fingerprint density at radius 1 is 1.14 bits per heavy atom. The summed E-state index contributed by atoms with van der Waals surface area (Å²) in [5.41, 5.74) is 2.84. The smallest absolute Gasteiger partial charge is 0.154 e. The van der Waals surface area contributed by atoms with Crippen molar-refractivity contribution in [2.24, 2.45) is 7.05 Å². The maximum Gasteiger partial charge on any atom is 0.154 e. The van der Waals surface area contributed by atoms with E-state index < -0.39 is 0 Å². The highest BCUT2D eigenvalue weighted by atomic mass is 15.3. The molecule has 2 aliphatic carbocycles. The van der Waals surface area contributed by atoms with E-state index in [1.165, 1.54) is 36.8 Å². The SMILES string of the molecule is CC(NCc1nc(C2CC2)nn1C)c1ccc(C2CC2)cc1. The molecule has 2 fully saturated rings. The van der Waals surface area contributed by atoms with E-state index in [1.54, 1.807) is 0 Å². The van der Waals surface area contributed by atoms with Crippen LogP contribution in [0.1, 0.15) is 73.3 Å². The van der Waals surface area contributed by atoms with E-state index in [1.807, 2.05) is 11.7 Å². The van der Waals surface area contributed by atoms with E-state index in [-0.39, 0.29) is 0 Å². The van der Waals surface area contributed by atoms with E-state index >= 15 is 0 Å². The summed E-state index contributed by atoms with van der Waals surface area (Å²) >= 11 is 0. The summed E-state index contributed by atoms with van der Waals surface area (Å²) in [6.45, 7) is 2.98. The molecule has 4 heteroatoms. The zero-order chi connectivity index (χ0) is 15.1. The quantitative estimate of drug-likeness (QED) is 0.888. The summed E-state index contributed by atoms with van der Waals surface area (Å²) in [6, 6.07) is 9.43. The van der Waals surface area contributed by atoms with Gasteiger partial charge in [-0.3, -0.25) is 4.68 Å². The van der Waals surface area contributed by atoms with Crippen molar-refractivity contribution in [3.8, 4) is 0 Å². The molecule has 1 unspecified atom stereocenters. The highest BCUT2D eigenvalue weighted by molar-refractivity contribution is 5.29. The molecule has 1 aromatic heterocycles. The molecule has 22 heavy (non-hydrogen) atoms. The van der Waals surface area contributed by atoms with Crippen molar-refractivity contribution in [3.05, 3.63) is 47.0 Å². The van der Waals surface area contributed by atoms with Crippen molar-refractivity contribution in [2.75, 3.05) is 0 Å². The predicted molar refractivity (Wildman–Crippen MR) is 86.6 cm³/mol. The number of benzene rings is 1. The molecule has 0 radical (unpaired) electrons. The van der Waals surface area contributed by atoms with Crippen molar-refractivity contribution in [1.29, 1.82) is 0 Å². The first-order valence-corrected chi connectivity index (χ1v) is 8.44. The number of hydrogen-bond acceptors (Lipinski definition) is 3. The summed E-state index contributed by atoms with van der Waals surface area (Å²) in [5.74, 6) is 3.51. The highest BCUT2D eigenvalue weighted by Gasteiger charge is 2.28. The zero-order valence-electron chi connectivity index (χ0n) is 13.4. The Bertz CT molecular complexity index is 650.